The zero-order valence-corrected chi connectivity index (χ0v) is 13.4. The van der Waals surface area contributed by atoms with Crippen LogP contribution in [0, 0.1) is 5.92 Å². The third-order valence-corrected chi connectivity index (χ3v) is 3.31. The van der Waals surface area contributed by atoms with Crippen molar-refractivity contribution >= 4 is 5.97 Å². The van der Waals surface area contributed by atoms with Crippen LogP contribution in [0.25, 0.3) is 0 Å². The van der Waals surface area contributed by atoms with E-state index in [0.29, 0.717) is 18.9 Å². The molecule has 2 nitrogen and oxygen atoms in total. The fourth-order valence-corrected chi connectivity index (χ4v) is 2.09. The fourth-order valence-electron chi connectivity index (χ4n) is 2.09. The molecule has 0 atom stereocenters. The predicted molar refractivity (Wildman–Crippen MR) is 82.3 cm³/mol. The fraction of sp³-hybridized carbons (Fsp3) is 0.941. The van der Waals surface area contributed by atoms with Gasteiger partial charge in [0.1, 0.15) is 0 Å². The van der Waals surface area contributed by atoms with Crippen LogP contribution in [0.15, 0.2) is 0 Å². The van der Waals surface area contributed by atoms with E-state index in [1.807, 2.05) is 0 Å². The molecule has 2 heteroatoms. The molecule has 0 rings (SSSR count). The van der Waals surface area contributed by atoms with Gasteiger partial charge in [-0.2, -0.15) is 0 Å². The molecule has 0 amide bonds. The summed E-state index contributed by atoms with van der Waals surface area (Å²) in [6.45, 7) is 6.95. The molecule has 0 aliphatic heterocycles. The lowest BCUT2D eigenvalue weighted by Crippen LogP contribution is -2.09. The summed E-state index contributed by atoms with van der Waals surface area (Å²) in [7, 11) is 0. The minimum atomic E-state index is -0.0201. The molecular formula is C17H34O2. The van der Waals surface area contributed by atoms with Crippen molar-refractivity contribution in [2.75, 3.05) is 6.61 Å². The van der Waals surface area contributed by atoms with Crippen LogP contribution in [0.1, 0.15) is 91.4 Å². The normalized spacial score (nSPS) is 10.9. The SMILES string of the molecule is CCCCCCCCCCCCC(=O)OCC(C)C. The molecule has 0 aromatic heterocycles. The molecular weight excluding hydrogens is 236 g/mol. The number of unbranched alkanes of at least 4 members (excludes halogenated alkanes) is 9. The van der Waals surface area contributed by atoms with Crippen LogP contribution in [-0.4, -0.2) is 12.6 Å². The highest BCUT2D eigenvalue weighted by atomic mass is 16.5. The van der Waals surface area contributed by atoms with E-state index in [2.05, 4.69) is 20.8 Å². The van der Waals surface area contributed by atoms with E-state index in [1.165, 1.54) is 57.8 Å². The lowest BCUT2D eigenvalue weighted by atomic mass is 10.1. The third-order valence-electron chi connectivity index (χ3n) is 3.31. The van der Waals surface area contributed by atoms with Crippen LogP contribution >= 0.6 is 0 Å². The Labute approximate surface area is 120 Å². The van der Waals surface area contributed by atoms with Gasteiger partial charge in [0.25, 0.3) is 0 Å². The first-order chi connectivity index (χ1) is 9.16. The van der Waals surface area contributed by atoms with E-state index in [-0.39, 0.29) is 5.97 Å². The van der Waals surface area contributed by atoms with Gasteiger partial charge in [0, 0.05) is 6.42 Å². The van der Waals surface area contributed by atoms with Gasteiger partial charge < -0.3 is 4.74 Å². The standard InChI is InChI=1S/C17H34O2/c1-4-5-6-7-8-9-10-11-12-13-14-17(18)19-15-16(2)3/h16H,4-15H2,1-3H3. The molecule has 0 unspecified atom stereocenters. The summed E-state index contributed by atoms with van der Waals surface area (Å²) in [4.78, 5) is 11.4. The molecule has 0 spiro atoms. The maximum absolute atomic E-state index is 11.4. The highest BCUT2D eigenvalue weighted by Crippen LogP contribution is 2.11. The first-order valence-corrected chi connectivity index (χ1v) is 8.32. The molecule has 0 aromatic rings. The molecule has 0 saturated heterocycles. The summed E-state index contributed by atoms with van der Waals surface area (Å²) in [5.74, 6) is 0.421. The smallest absolute Gasteiger partial charge is 0.305 e. The number of carbonyl (C=O) groups excluding carboxylic acids is 1. The highest BCUT2D eigenvalue weighted by molar-refractivity contribution is 5.69. The summed E-state index contributed by atoms with van der Waals surface area (Å²) in [6.07, 6.45) is 13.6. The van der Waals surface area contributed by atoms with E-state index in [4.69, 9.17) is 4.74 Å². The van der Waals surface area contributed by atoms with Crippen LogP contribution < -0.4 is 0 Å². The molecule has 0 fully saturated rings. The van der Waals surface area contributed by atoms with Gasteiger partial charge in [0.2, 0.25) is 0 Å². The second-order valence-corrected chi connectivity index (χ2v) is 6.01. The van der Waals surface area contributed by atoms with Crippen LogP contribution in [0.4, 0.5) is 0 Å². The number of carbonyl (C=O) groups is 1. The molecule has 114 valence electrons. The second kappa shape index (κ2) is 13.9. The number of esters is 1. The van der Waals surface area contributed by atoms with Crippen LogP contribution in [0.3, 0.4) is 0 Å². The van der Waals surface area contributed by atoms with Crippen molar-refractivity contribution in [3.63, 3.8) is 0 Å². The largest absolute Gasteiger partial charge is 0.465 e. The average Bonchev–Trinajstić information content (AvgIpc) is 2.38. The van der Waals surface area contributed by atoms with Crippen LogP contribution in [0.2, 0.25) is 0 Å². The van der Waals surface area contributed by atoms with E-state index in [0.717, 1.165) is 6.42 Å². The zero-order chi connectivity index (χ0) is 14.3. The average molecular weight is 270 g/mol. The van der Waals surface area contributed by atoms with Gasteiger partial charge in [0.05, 0.1) is 6.61 Å². The third kappa shape index (κ3) is 15.4. The second-order valence-electron chi connectivity index (χ2n) is 6.01. The summed E-state index contributed by atoms with van der Waals surface area (Å²) in [6, 6.07) is 0. The highest BCUT2D eigenvalue weighted by Gasteiger charge is 2.03. The van der Waals surface area contributed by atoms with Crippen molar-refractivity contribution in [1.82, 2.24) is 0 Å². The lowest BCUT2D eigenvalue weighted by molar-refractivity contribution is -0.144. The maximum Gasteiger partial charge on any atom is 0.305 e. The summed E-state index contributed by atoms with van der Waals surface area (Å²) < 4.78 is 5.15. The Bertz CT molecular complexity index is 199. The molecule has 0 saturated carbocycles. The molecule has 0 aliphatic carbocycles. The number of rotatable bonds is 13. The zero-order valence-electron chi connectivity index (χ0n) is 13.4. The Morgan fingerprint density at radius 1 is 0.842 bits per heavy atom. The predicted octanol–water partition coefficient (Wildman–Crippen LogP) is 5.50. The monoisotopic (exact) mass is 270 g/mol. The Morgan fingerprint density at radius 2 is 1.32 bits per heavy atom. The summed E-state index contributed by atoms with van der Waals surface area (Å²) in [5.41, 5.74) is 0. The Balaban J connectivity index is 3.11. The Kier molecular flexibility index (Phi) is 13.5. The minimum absolute atomic E-state index is 0.0201. The van der Waals surface area contributed by atoms with Crippen molar-refractivity contribution in [1.29, 1.82) is 0 Å². The van der Waals surface area contributed by atoms with E-state index in [9.17, 15) is 4.79 Å². The molecule has 0 N–H and O–H groups in total. The number of hydrogen-bond donors (Lipinski definition) is 0. The van der Waals surface area contributed by atoms with Gasteiger partial charge >= 0.3 is 5.97 Å². The van der Waals surface area contributed by atoms with Crippen molar-refractivity contribution < 1.29 is 9.53 Å². The Hall–Kier alpha value is -0.530. The van der Waals surface area contributed by atoms with E-state index in [1.54, 1.807) is 0 Å². The lowest BCUT2D eigenvalue weighted by Gasteiger charge is -2.06. The molecule has 19 heavy (non-hydrogen) atoms. The molecule has 0 heterocycles. The maximum atomic E-state index is 11.4. The summed E-state index contributed by atoms with van der Waals surface area (Å²) >= 11 is 0. The van der Waals surface area contributed by atoms with Gasteiger partial charge in [-0.05, 0) is 12.3 Å². The van der Waals surface area contributed by atoms with Gasteiger partial charge in [-0.3, -0.25) is 4.79 Å². The van der Waals surface area contributed by atoms with E-state index < -0.39 is 0 Å². The quantitative estimate of drug-likeness (QED) is 0.326. The summed E-state index contributed by atoms with van der Waals surface area (Å²) in [5, 5.41) is 0. The van der Waals surface area contributed by atoms with Gasteiger partial charge in [-0.1, -0.05) is 78.6 Å². The number of hydrogen-bond acceptors (Lipinski definition) is 2. The van der Waals surface area contributed by atoms with Gasteiger partial charge in [0.15, 0.2) is 0 Å². The number of ether oxygens (including phenoxy) is 1. The van der Waals surface area contributed by atoms with Crippen molar-refractivity contribution in [3.8, 4) is 0 Å². The first kappa shape index (κ1) is 18.5. The van der Waals surface area contributed by atoms with E-state index >= 15 is 0 Å². The molecule has 0 radical (unpaired) electrons. The minimum Gasteiger partial charge on any atom is -0.465 e. The van der Waals surface area contributed by atoms with Crippen LogP contribution in [0.5, 0.6) is 0 Å². The molecule has 0 aromatic carbocycles. The molecule has 0 aliphatic rings. The first-order valence-electron chi connectivity index (χ1n) is 8.32. The van der Waals surface area contributed by atoms with Crippen LogP contribution in [-0.2, 0) is 9.53 Å². The van der Waals surface area contributed by atoms with Crippen molar-refractivity contribution in [2.24, 2.45) is 5.92 Å². The molecule has 0 bridgehead atoms. The van der Waals surface area contributed by atoms with Crippen molar-refractivity contribution in [2.45, 2.75) is 91.4 Å². The van der Waals surface area contributed by atoms with Gasteiger partial charge in [-0.25, -0.2) is 0 Å². The Morgan fingerprint density at radius 3 is 1.79 bits per heavy atom. The van der Waals surface area contributed by atoms with Crippen molar-refractivity contribution in [3.05, 3.63) is 0 Å². The van der Waals surface area contributed by atoms with Gasteiger partial charge in [-0.15, -0.1) is 0 Å². The topological polar surface area (TPSA) is 26.3 Å².